The summed E-state index contributed by atoms with van der Waals surface area (Å²) in [4.78, 5) is 20.2. The normalized spacial score (nSPS) is 16.3. The van der Waals surface area contributed by atoms with Crippen LogP contribution in [0.1, 0.15) is 19.8 Å². The van der Waals surface area contributed by atoms with E-state index in [0.717, 1.165) is 16.8 Å². The number of anilines is 1. The second kappa shape index (κ2) is 10.6. The number of nitrogens with zero attached hydrogens (tertiary/aromatic N) is 5. The lowest BCUT2D eigenvalue weighted by molar-refractivity contribution is -0.121. The largest absolute Gasteiger partial charge is 0.492 e. The Hall–Kier alpha value is -3.35. The van der Waals surface area contributed by atoms with Crippen LogP contribution in [0.2, 0.25) is 0 Å². The highest BCUT2D eigenvalue weighted by Gasteiger charge is 2.42. The number of aromatic nitrogens is 3. The number of ether oxygens (including phenoxy) is 1. The molecule has 1 saturated heterocycles. The number of carbonyl (C=O) groups excluding carboxylic acids is 1. The highest BCUT2D eigenvalue weighted by molar-refractivity contribution is 7.89. The molecule has 0 saturated carbocycles. The summed E-state index contributed by atoms with van der Waals surface area (Å²) in [6.07, 6.45) is 4.38. The van der Waals surface area contributed by atoms with E-state index in [2.05, 4.69) is 5.10 Å². The summed E-state index contributed by atoms with van der Waals surface area (Å²) < 4.78 is 49.8. The van der Waals surface area contributed by atoms with Crippen LogP contribution in [-0.4, -0.2) is 59.1 Å². The van der Waals surface area contributed by atoms with Crippen molar-refractivity contribution in [1.82, 2.24) is 19.1 Å². The van der Waals surface area contributed by atoms with Crippen molar-refractivity contribution in [2.45, 2.75) is 37.2 Å². The molecule has 1 fully saturated rings. The van der Waals surface area contributed by atoms with E-state index in [1.165, 1.54) is 27.8 Å². The Morgan fingerprint density at radius 3 is 2.76 bits per heavy atom. The summed E-state index contributed by atoms with van der Waals surface area (Å²) in [5.74, 6) is -0.254. The molecule has 2 aromatic carbocycles. The van der Waals surface area contributed by atoms with Gasteiger partial charge in [-0.15, -0.1) is 0 Å². The molecule has 2 aromatic heterocycles. The average Bonchev–Trinajstić information content (AvgIpc) is 3.65. The Balaban J connectivity index is 1.49. The molecule has 9 nitrogen and oxygen atoms in total. The van der Waals surface area contributed by atoms with Gasteiger partial charge in [0.05, 0.1) is 22.7 Å². The summed E-state index contributed by atoms with van der Waals surface area (Å²) in [6, 6.07) is 11.2. The van der Waals surface area contributed by atoms with Gasteiger partial charge in [-0.2, -0.15) is 9.40 Å². The smallest absolute Gasteiger partial charge is 0.247 e. The number of fused-ring (bicyclic) bond motifs is 1. The van der Waals surface area contributed by atoms with Crippen molar-refractivity contribution in [1.29, 1.82) is 0 Å². The van der Waals surface area contributed by atoms with Crippen molar-refractivity contribution in [2.75, 3.05) is 24.6 Å². The Morgan fingerprint density at radius 1 is 1.22 bits per heavy atom. The molecule has 1 unspecified atom stereocenters. The Labute approximate surface area is 218 Å². The van der Waals surface area contributed by atoms with Crippen LogP contribution >= 0.6 is 11.3 Å². The summed E-state index contributed by atoms with van der Waals surface area (Å²) in [5, 5.41) is 4.69. The third-order valence-electron chi connectivity index (χ3n) is 6.19. The van der Waals surface area contributed by atoms with E-state index in [9.17, 15) is 17.6 Å². The number of rotatable bonds is 9. The molecule has 12 heteroatoms. The Bertz CT molecular complexity index is 1490. The minimum atomic E-state index is -4.00. The predicted octanol–water partition coefficient (Wildman–Crippen LogP) is 3.92. The van der Waals surface area contributed by atoms with Crippen LogP contribution in [0.4, 0.5) is 9.52 Å². The van der Waals surface area contributed by atoms with Crippen molar-refractivity contribution in [3.05, 3.63) is 66.7 Å². The van der Waals surface area contributed by atoms with Gasteiger partial charge in [-0.25, -0.2) is 17.8 Å². The summed E-state index contributed by atoms with van der Waals surface area (Å²) in [6.45, 7) is 3.24. The molecule has 5 rings (SSSR count). The molecule has 194 valence electrons. The first-order valence-electron chi connectivity index (χ1n) is 12.0. The minimum absolute atomic E-state index is 0.0435. The predicted molar refractivity (Wildman–Crippen MR) is 139 cm³/mol. The number of para-hydroxylation sites is 1. The van der Waals surface area contributed by atoms with Gasteiger partial charge >= 0.3 is 0 Å². The maximum absolute atomic E-state index is 14.0. The number of amides is 1. The Morgan fingerprint density at radius 2 is 2.03 bits per heavy atom. The molecule has 1 aliphatic rings. The Kier molecular flexibility index (Phi) is 7.22. The molecule has 37 heavy (non-hydrogen) atoms. The molecular weight excluding hydrogens is 517 g/mol. The number of thiazole rings is 1. The quantitative estimate of drug-likeness (QED) is 0.318. The molecule has 0 N–H and O–H groups in total. The maximum atomic E-state index is 14.0. The highest BCUT2D eigenvalue weighted by atomic mass is 32.2. The van der Waals surface area contributed by atoms with Crippen LogP contribution in [0.25, 0.3) is 10.2 Å². The van der Waals surface area contributed by atoms with Crippen LogP contribution in [0, 0.1) is 5.82 Å². The fourth-order valence-electron chi connectivity index (χ4n) is 4.43. The van der Waals surface area contributed by atoms with E-state index >= 15 is 0 Å². The zero-order valence-electron chi connectivity index (χ0n) is 20.2. The van der Waals surface area contributed by atoms with Gasteiger partial charge in [0, 0.05) is 25.5 Å². The first-order valence-corrected chi connectivity index (χ1v) is 14.2. The van der Waals surface area contributed by atoms with Crippen molar-refractivity contribution in [2.24, 2.45) is 0 Å². The minimum Gasteiger partial charge on any atom is -0.492 e. The third-order valence-corrected chi connectivity index (χ3v) is 9.15. The van der Waals surface area contributed by atoms with Crippen molar-refractivity contribution >= 4 is 42.6 Å². The first kappa shape index (κ1) is 25.3. The van der Waals surface area contributed by atoms with Gasteiger partial charge in [-0.1, -0.05) is 17.4 Å². The van der Waals surface area contributed by atoms with E-state index in [0.29, 0.717) is 42.4 Å². The molecule has 3 heterocycles. The van der Waals surface area contributed by atoms with Crippen molar-refractivity contribution < 1.29 is 22.3 Å². The second-order valence-electron chi connectivity index (χ2n) is 8.52. The molecule has 1 atom stereocenters. The van der Waals surface area contributed by atoms with E-state index < -0.39 is 21.9 Å². The van der Waals surface area contributed by atoms with E-state index in [1.54, 1.807) is 28.0 Å². The average molecular weight is 544 g/mol. The van der Waals surface area contributed by atoms with Crippen LogP contribution < -0.4 is 9.64 Å². The molecule has 1 aliphatic heterocycles. The number of hydrogen-bond acceptors (Lipinski definition) is 7. The second-order valence-corrected chi connectivity index (χ2v) is 11.4. The maximum Gasteiger partial charge on any atom is 0.247 e. The van der Waals surface area contributed by atoms with Crippen molar-refractivity contribution in [3.8, 4) is 5.75 Å². The van der Waals surface area contributed by atoms with E-state index in [1.807, 2.05) is 25.1 Å². The van der Waals surface area contributed by atoms with E-state index in [4.69, 9.17) is 9.72 Å². The number of halogens is 1. The van der Waals surface area contributed by atoms with Gasteiger partial charge in [0.15, 0.2) is 5.13 Å². The van der Waals surface area contributed by atoms with Crippen LogP contribution in [0.15, 0.2) is 65.8 Å². The van der Waals surface area contributed by atoms with E-state index in [-0.39, 0.29) is 23.9 Å². The fraction of sp³-hybridized carbons (Fsp3) is 0.320. The zero-order chi connectivity index (χ0) is 26.0. The lowest BCUT2D eigenvalue weighted by Crippen LogP contribution is -2.48. The SMILES string of the molecule is CCOc1cccc2sc(N(CCn3cccn3)C(=O)C3CCCN3S(=O)(=O)c3ccc(F)cc3)nc12. The molecule has 0 aliphatic carbocycles. The van der Waals surface area contributed by atoms with Crippen LogP contribution in [0.3, 0.4) is 0 Å². The molecule has 0 radical (unpaired) electrons. The van der Waals surface area contributed by atoms with Gasteiger partial charge in [-0.3, -0.25) is 14.4 Å². The summed E-state index contributed by atoms with van der Waals surface area (Å²) in [5.41, 5.74) is 0.656. The highest BCUT2D eigenvalue weighted by Crippen LogP contribution is 2.36. The lowest BCUT2D eigenvalue weighted by atomic mass is 10.2. The molecular formula is C25H26FN5O4S2. The summed E-state index contributed by atoms with van der Waals surface area (Å²) in [7, 11) is -4.00. The van der Waals surface area contributed by atoms with Gasteiger partial charge in [0.25, 0.3) is 0 Å². The standard InChI is InChI=1S/C25H26FN5O4S2/c1-2-35-21-7-3-8-22-23(21)28-25(36-22)30(17-16-29-14-5-13-27-29)24(32)20-6-4-15-31(20)37(33,34)19-11-9-18(26)10-12-19/h3,5,7-14,20H,2,4,6,15-17H2,1H3. The molecule has 0 bridgehead atoms. The lowest BCUT2D eigenvalue weighted by Gasteiger charge is -2.28. The fourth-order valence-corrected chi connectivity index (χ4v) is 7.10. The monoisotopic (exact) mass is 543 g/mol. The molecule has 0 spiro atoms. The van der Waals surface area contributed by atoms with Gasteiger partial charge in [0.2, 0.25) is 15.9 Å². The zero-order valence-corrected chi connectivity index (χ0v) is 21.8. The number of carbonyl (C=O) groups is 1. The third kappa shape index (κ3) is 5.09. The molecule has 4 aromatic rings. The number of benzene rings is 2. The van der Waals surface area contributed by atoms with Crippen LogP contribution in [-0.2, 0) is 21.4 Å². The number of sulfonamides is 1. The number of hydrogen-bond donors (Lipinski definition) is 0. The van der Waals surface area contributed by atoms with Gasteiger partial charge in [0.1, 0.15) is 23.1 Å². The topological polar surface area (TPSA) is 97.6 Å². The van der Waals surface area contributed by atoms with Crippen LogP contribution in [0.5, 0.6) is 5.75 Å². The van der Waals surface area contributed by atoms with Crippen molar-refractivity contribution in [3.63, 3.8) is 0 Å². The summed E-state index contributed by atoms with van der Waals surface area (Å²) >= 11 is 1.35. The van der Waals surface area contributed by atoms with Gasteiger partial charge < -0.3 is 4.74 Å². The first-order chi connectivity index (χ1) is 17.9. The van der Waals surface area contributed by atoms with Gasteiger partial charge in [-0.05, 0) is 62.2 Å². The molecule has 1 amide bonds.